The number of rotatable bonds is 7. The van der Waals surface area contributed by atoms with Gasteiger partial charge in [-0.15, -0.1) is 0 Å². The Labute approximate surface area is 142 Å². The van der Waals surface area contributed by atoms with Crippen LogP contribution in [0.15, 0.2) is 52.1 Å². The molecule has 0 atom stereocenters. The highest BCUT2D eigenvalue weighted by molar-refractivity contribution is 7.92. The van der Waals surface area contributed by atoms with Gasteiger partial charge in [0, 0.05) is 6.54 Å². The molecule has 24 heavy (non-hydrogen) atoms. The molecule has 130 valence electrons. The van der Waals surface area contributed by atoms with E-state index in [1.54, 1.807) is 18.4 Å². The van der Waals surface area contributed by atoms with Crippen molar-refractivity contribution in [1.82, 2.24) is 10.6 Å². The summed E-state index contributed by atoms with van der Waals surface area (Å²) in [4.78, 5) is 4.49. The van der Waals surface area contributed by atoms with Gasteiger partial charge in [0.2, 0.25) is 10.0 Å². The second kappa shape index (κ2) is 8.39. The minimum atomic E-state index is -3.33. The fraction of sp³-hybridized carbons (Fsp3) is 0.312. The van der Waals surface area contributed by atoms with E-state index >= 15 is 0 Å². The van der Waals surface area contributed by atoms with Crippen LogP contribution in [0.2, 0.25) is 0 Å². The lowest BCUT2D eigenvalue weighted by molar-refractivity contribution is 0.501. The van der Waals surface area contributed by atoms with Crippen LogP contribution in [0.25, 0.3) is 0 Å². The molecule has 0 aliphatic rings. The molecule has 0 bridgehead atoms. The van der Waals surface area contributed by atoms with E-state index in [-0.39, 0.29) is 0 Å². The van der Waals surface area contributed by atoms with Gasteiger partial charge >= 0.3 is 0 Å². The quantitative estimate of drug-likeness (QED) is 0.524. The van der Waals surface area contributed by atoms with Crippen LogP contribution in [-0.4, -0.2) is 27.2 Å². The highest BCUT2D eigenvalue weighted by Gasteiger charge is 2.07. The third-order valence-electron chi connectivity index (χ3n) is 3.07. The topological polar surface area (TPSA) is 95.7 Å². The number of furan rings is 1. The van der Waals surface area contributed by atoms with Gasteiger partial charge in [0.05, 0.1) is 31.3 Å². The molecule has 2 aromatic rings. The van der Waals surface area contributed by atoms with Crippen LogP contribution in [0.5, 0.6) is 0 Å². The lowest BCUT2D eigenvalue weighted by atomic mass is 10.2. The van der Waals surface area contributed by atoms with E-state index in [1.807, 2.05) is 31.2 Å². The molecule has 0 saturated carbocycles. The van der Waals surface area contributed by atoms with Crippen LogP contribution in [0, 0.1) is 0 Å². The molecule has 0 saturated heterocycles. The van der Waals surface area contributed by atoms with Crippen molar-refractivity contribution in [3.05, 3.63) is 54.0 Å². The molecule has 2 rings (SSSR count). The van der Waals surface area contributed by atoms with Gasteiger partial charge in [0.1, 0.15) is 5.76 Å². The number of nitrogens with one attached hydrogen (secondary N) is 3. The fourth-order valence-corrected chi connectivity index (χ4v) is 2.65. The Kier molecular flexibility index (Phi) is 6.25. The first-order chi connectivity index (χ1) is 11.5. The predicted octanol–water partition coefficient (Wildman–Crippen LogP) is 1.91. The van der Waals surface area contributed by atoms with Gasteiger partial charge in [-0.05, 0) is 30.7 Å². The number of anilines is 1. The molecule has 8 heteroatoms. The zero-order chi connectivity index (χ0) is 17.4. The Bertz CT molecular complexity index is 770. The molecular formula is C16H22N4O3S. The average Bonchev–Trinajstić information content (AvgIpc) is 3.03. The van der Waals surface area contributed by atoms with E-state index in [4.69, 9.17) is 4.42 Å². The van der Waals surface area contributed by atoms with Gasteiger partial charge in [-0.25, -0.2) is 13.4 Å². The Morgan fingerprint density at radius 1 is 1.17 bits per heavy atom. The first-order valence-corrected chi connectivity index (χ1v) is 9.47. The lowest BCUT2D eigenvalue weighted by Crippen LogP contribution is -2.36. The second-order valence-electron chi connectivity index (χ2n) is 5.16. The summed E-state index contributed by atoms with van der Waals surface area (Å²) in [7, 11) is -3.33. The summed E-state index contributed by atoms with van der Waals surface area (Å²) >= 11 is 0. The zero-order valence-electron chi connectivity index (χ0n) is 13.7. The summed E-state index contributed by atoms with van der Waals surface area (Å²) in [6.45, 7) is 3.55. The minimum Gasteiger partial charge on any atom is -0.467 e. The maximum absolute atomic E-state index is 11.4. The van der Waals surface area contributed by atoms with Crippen molar-refractivity contribution in [2.75, 3.05) is 17.5 Å². The number of sulfonamides is 1. The molecule has 0 aliphatic heterocycles. The van der Waals surface area contributed by atoms with Crippen molar-refractivity contribution >= 4 is 21.7 Å². The molecule has 7 nitrogen and oxygen atoms in total. The monoisotopic (exact) mass is 350 g/mol. The largest absolute Gasteiger partial charge is 0.467 e. The number of hydrogen-bond donors (Lipinski definition) is 3. The van der Waals surface area contributed by atoms with E-state index in [1.165, 1.54) is 0 Å². The average molecular weight is 350 g/mol. The highest BCUT2D eigenvalue weighted by atomic mass is 32.2. The maximum atomic E-state index is 11.4. The van der Waals surface area contributed by atoms with Gasteiger partial charge in [-0.3, -0.25) is 4.72 Å². The predicted molar refractivity (Wildman–Crippen MR) is 95.3 cm³/mol. The van der Waals surface area contributed by atoms with Gasteiger partial charge in [0.25, 0.3) is 0 Å². The lowest BCUT2D eigenvalue weighted by Gasteiger charge is -2.12. The number of hydrogen-bond acceptors (Lipinski definition) is 4. The molecular weight excluding hydrogens is 328 g/mol. The third-order valence-corrected chi connectivity index (χ3v) is 3.67. The van der Waals surface area contributed by atoms with Crippen molar-refractivity contribution in [2.45, 2.75) is 20.0 Å². The van der Waals surface area contributed by atoms with Crippen LogP contribution in [-0.2, 0) is 23.1 Å². The number of para-hydroxylation sites is 1. The summed E-state index contributed by atoms with van der Waals surface area (Å²) in [6, 6.07) is 10.9. The molecule has 1 aromatic heterocycles. The van der Waals surface area contributed by atoms with Crippen LogP contribution >= 0.6 is 0 Å². The van der Waals surface area contributed by atoms with Crippen LogP contribution in [0.1, 0.15) is 18.2 Å². The Morgan fingerprint density at radius 2 is 1.96 bits per heavy atom. The second-order valence-corrected chi connectivity index (χ2v) is 6.91. The van der Waals surface area contributed by atoms with Crippen molar-refractivity contribution in [3.8, 4) is 0 Å². The normalized spacial score (nSPS) is 12.0. The first-order valence-electron chi connectivity index (χ1n) is 7.58. The van der Waals surface area contributed by atoms with E-state index in [2.05, 4.69) is 20.3 Å². The van der Waals surface area contributed by atoms with E-state index < -0.39 is 10.0 Å². The summed E-state index contributed by atoms with van der Waals surface area (Å²) < 4.78 is 30.7. The summed E-state index contributed by atoms with van der Waals surface area (Å²) in [5, 5.41) is 6.31. The van der Waals surface area contributed by atoms with E-state index in [9.17, 15) is 8.42 Å². The Hall–Kier alpha value is -2.48. The summed E-state index contributed by atoms with van der Waals surface area (Å²) in [5.74, 6) is 1.43. The van der Waals surface area contributed by atoms with Crippen LogP contribution in [0.4, 0.5) is 5.69 Å². The maximum Gasteiger partial charge on any atom is 0.229 e. The first kappa shape index (κ1) is 17.9. The Balaban J connectivity index is 2.07. The van der Waals surface area contributed by atoms with Crippen LogP contribution in [0.3, 0.4) is 0 Å². The van der Waals surface area contributed by atoms with E-state index in [0.29, 0.717) is 31.3 Å². The molecule has 0 amide bonds. The molecule has 0 unspecified atom stereocenters. The molecule has 1 aromatic carbocycles. The van der Waals surface area contributed by atoms with Crippen molar-refractivity contribution in [2.24, 2.45) is 4.99 Å². The number of guanidine groups is 1. The molecule has 3 N–H and O–H groups in total. The zero-order valence-corrected chi connectivity index (χ0v) is 14.6. The Morgan fingerprint density at radius 3 is 2.62 bits per heavy atom. The SMILES string of the molecule is CCNC(=NCc1ccccc1NS(C)(=O)=O)NCc1ccco1. The third kappa shape index (κ3) is 5.96. The number of nitrogens with zero attached hydrogens (tertiary/aromatic N) is 1. The fourth-order valence-electron chi connectivity index (χ4n) is 2.05. The smallest absolute Gasteiger partial charge is 0.229 e. The van der Waals surface area contributed by atoms with Crippen molar-refractivity contribution in [3.63, 3.8) is 0 Å². The summed E-state index contributed by atoms with van der Waals surface area (Å²) in [6.07, 6.45) is 2.75. The minimum absolute atomic E-state index is 0.339. The van der Waals surface area contributed by atoms with E-state index in [0.717, 1.165) is 17.6 Å². The molecule has 1 heterocycles. The van der Waals surface area contributed by atoms with Gasteiger partial charge in [-0.1, -0.05) is 18.2 Å². The molecule has 0 fully saturated rings. The van der Waals surface area contributed by atoms with Gasteiger partial charge in [-0.2, -0.15) is 0 Å². The van der Waals surface area contributed by atoms with Crippen LogP contribution < -0.4 is 15.4 Å². The van der Waals surface area contributed by atoms with Crippen molar-refractivity contribution < 1.29 is 12.8 Å². The van der Waals surface area contributed by atoms with Gasteiger partial charge < -0.3 is 15.1 Å². The molecule has 0 spiro atoms. The standard InChI is InChI=1S/C16H22N4O3S/c1-3-17-16(19-12-14-8-6-10-23-14)18-11-13-7-4-5-9-15(13)20-24(2,21)22/h4-10,20H,3,11-12H2,1-2H3,(H2,17,18,19). The molecule has 0 radical (unpaired) electrons. The highest BCUT2D eigenvalue weighted by Crippen LogP contribution is 2.17. The van der Waals surface area contributed by atoms with Crippen molar-refractivity contribution in [1.29, 1.82) is 0 Å². The summed E-state index contributed by atoms with van der Waals surface area (Å²) in [5.41, 5.74) is 1.32. The van der Waals surface area contributed by atoms with Gasteiger partial charge in [0.15, 0.2) is 5.96 Å². The number of benzene rings is 1. The number of aliphatic imine (C=N–C) groups is 1. The molecule has 0 aliphatic carbocycles.